The smallest absolute Gasteiger partial charge is 0.232 e. The van der Waals surface area contributed by atoms with Gasteiger partial charge in [0.25, 0.3) is 0 Å². The Kier molecular flexibility index (Phi) is 6.56. The number of aromatic hydroxyl groups is 1. The summed E-state index contributed by atoms with van der Waals surface area (Å²) in [7, 11) is 0. The fourth-order valence-electron chi connectivity index (χ4n) is 4.70. The van der Waals surface area contributed by atoms with E-state index >= 15 is 0 Å². The Bertz CT molecular complexity index is 1010. The van der Waals surface area contributed by atoms with Gasteiger partial charge in [0.05, 0.1) is 11.1 Å². The molecule has 1 saturated heterocycles. The van der Waals surface area contributed by atoms with Crippen LogP contribution in [0.15, 0.2) is 36.1 Å². The average Bonchev–Trinajstić information content (AvgIpc) is 3.11. The summed E-state index contributed by atoms with van der Waals surface area (Å²) < 4.78 is 6.11. The fraction of sp³-hybridized carbons (Fsp3) is 0.444. The molecule has 4 rings (SSSR count). The van der Waals surface area contributed by atoms with E-state index in [0.29, 0.717) is 29.2 Å². The minimum atomic E-state index is -0.112. The Morgan fingerprint density at radius 1 is 1.16 bits per heavy atom. The van der Waals surface area contributed by atoms with Gasteiger partial charge in [-0.25, -0.2) is 0 Å². The van der Waals surface area contributed by atoms with Crippen LogP contribution in [0.25, 0.3) is 6.08 Å². The van der Waals surface area contributed by atoms with Crippen molar-refractivity contribution < 1.29 is 14.6 Å². The van der Waals surface area contributed by atoms with Gasteiger partial charge in [-0.3, -0.25) is 9.69 Å². The van der Waals surface area contributed by atoms with E-state index in [0.717, 1.165) is 61.8 Å². The average molecular weight is 435 g/mol. The molecular formula is C27H34N2O3. The third-order valence-corrected chi connectivity index (χ3v) is 6.80. The van der Waals surface area contributed by atoms with Crippen LogP contribution in [-0.2, 0) is 6.54 Å². The van der Waals surface area contributed by atoms with Crippen LogP contribution in [0.5, 0.6) is 11.5 Å². The first-order valence-corrected chi connectivity index (χ1v) is 11.8. The number of ketones is 1. The molecule has 5 heteroatoms. The van der Waals surface area contributed by atoms with E-state index in [1.807, 2.05) is 19.1 Å². The van der Waals surface area contributed by atoms with Crippen LogP contribution in [0, 0.1) is 12.8 Å². The van der Waals surface area contributed by atoms with Crippen LogP contribution < -0.4 is 9.64 Å². The van der Waals surface area contributed by atoms with Gasteiger partial charge in [-0.15, -0.1) is 0 Å². The van der Waals surface area contributed by atoms with Crippen LogP contribution in [0.3, 0.4) is 0 Å². The number of allylic oxidation sites excluding steroid dienone is 1. The van der Waals surface area contributed by atoms with Crippen molar-refractivity contribution in [2.24, 2.45) is 5.92 Å². The van der Waals surface area contributed by atoms with Crippen LogP contribution in [0.4, 0.5) is 5.69 Å². The molecule has 2 aromatic carbocycles. The number of carbonyl (C=O) groups excluding carboxylic acids is 1. The maximum Gasteiger partial charge on any atom is 0.232 e. The Morgan fingerprint density at radius 3 is 2.44 bits per heavy atom. The molecule has 2 heterocycles. The summed E-state index contributed by atoms with van der Waals surface area (Å²) in [6.07, 6.45) is 4.11. The zero-order chi connectivity index (χ0) is 22.8. The van der Waals surface area contributed by atoms with Gasteiger partial charge >= 0.3 is 0 Å². The molecule has 2 aromatic rings. The van der Waals surface area contributed by atoms with Crippen LogP contribution in [-0.4, -0.2) is 42.0 Å². The Labute approximate surface area is 191 Å². The molecule has 2 aliphatic heterocycles. The van der Waals surface area contributed by atoms with E-state index in [4.69, 9.17) is 4.74 Å². The standard InChI is InChI=1S/C27H34N2O3/c1-5-29(6-2)21-9-7-20(8-10-21)16-24-26(31)25-19(4)15-23(30)22(27(25)32-24)17-28-13-11-18(3)12-14-28/h7-10,15-16,18,30H,5-6,11-14,17H2,1-4H3/b24-16-. The number of benzene rings is 2. The quantitative estimate of drug-likeness (QED) is 0.618. The summed E-state index contributed by atoms with van der Waals surface area (Å²) in [5.74, 6) is 1.68. The summed E-state index contributed by atoms with van der Waals surface area (Å²) in [5.41, 5.74) is 4.13. The number of carbonyl (C=O) groups is 1. The predicted octanol–water partition coefficient (Wildman–Crippen LogP) is 5.39. The summed E-state index contributed by atoms with van der Waals surface area (Å²) in [5, 5.41) is 10.7. The zero-order valence-electron chi connectivity index (χ0n) is 19.6. The van der Waals surface area contributed by atoms with E-state index < -0.39 is 0 Å². The molecule has 0 atom stereocenters. The molecule has 0 unspecified atom stereocenters. The minimum absolute atomic E-state index is 0.112. The number of aryl methyl sites for hydroxylation is 1. The topological polar surface area (TPSA) is 53.0 Å². The zero-order valence-corrected chi connectivity index (χ0v) is 19.6. The molecule has 0 radical (unpaired) electrons. The first-order chi connectivity index (χ1) is 15.4. The second kappa shape index (κ2) is 9.37. The number of phenolic OH excluding ortho intramolecular Hbond substituents is 1. The SMILES string of the molecule is CCN(CC)c1ccc(/C=C2\Oc3c(CN4CCC(C)CC4)c(O)cc(C)c3C2=O)cc1. The maximum atomic E-state index is 13.2. The molecule has 1 fully saturated rings. The molecule has 5 nitrogen and oxygen atoms in total. The monoisotopic (exact) mass is 434 g/mol. The number of ether oxygens (including phenoxy) is 1. The molecule has 0 bridgehead atoms. The van der Waals surface area contributed by atoms with E-state index in [1.54, 1.807) is 12.1 Å². The van der Waals surface area contributed by atoms with Crippen LogP contribution >= 0.6 is 0 Å². The Balaban J connectivity index is 1.60. The third kappa shape index (κ3) is 4.40. The van der Waals surface area contributed by atoms with Crippen molar-refractivity contribution in [2.45, 2.75) is 47.1 Å². The summed E-state index contributed by atoms with van der Waals surface area (Å²) in [6.45, 7) is 12.9. The van der Waals surface area contributed by atoms with Crippen molar-refractivity contribution in [1.29, 1.82) is 0 Å². The number of rotatable bonds is 6. The van der Waals surface area contributed by atoms with Gasteiger partial charge in [-0.05, 0) is 88.0 Å². The fourth-order valence-corrected chi connectivity index (χ4v) is 4.70. The van der Waals surface area contributed by atoms with Crippen LogP contribution in [0.2, 0.25) is 0 Å². The summed E-state index contributed by atoms with van der Waals surface area (Å²) in [4.78, 5) is 17.8. The predicted molar refractivity (Wildman–Crippen MR) is 129 cm³/mol. The molecule has 0 aliphatic carbocycles. The van der Waals surface area contributed by atoms with Crippen LogP contribution in [0.1, 0.15) is 60.7 Å². The van der Waals surface area contributed by atoms with Crippen molar-refractivity contribution in [3.63, 3.8) is 0 Å². The number of likely N-dealkylation sites (tertiary alicyclic amines) is 1. The normalized spacial score (nSPS) is 18.1. The molecule has 2 aliphatic rings. The Morgan fingerprint density at radius 2 is 1.81 bits per heavy atom. The van der Waals surface area contributed by atoms with Gasteiger partial charge in [0.2, 0.25) is 5.78 Å². The number of nitrogens with zero attached hydrogens (tertiary/aromatic N) is 2. The number of piperidine rings is 1. The van der Waals surface area contributed by atoms with Crippen molar-refractivity contribution in [3.05, 3.63) is 58.3 Å². The highest BCUT2D eigenvalue weighted by Gasteiger charge is 2.34. The van der Waals surface area contributed by atoms with Gasteiger partial charge in [0.15, 0.2) is 5.76 Å². The van der Waals surface area contributed by atoms with Crippen molar-refractivity contribution in [2.75, 3.05) is 31.1 Å². The van der Waals surface area contributed by atoms with E-state index in [2.05, 4.69) is 42.7 Å². The van der Waals surface area contributed by atoms with Gasteiger partial charge in [0.1, 0.15) is 11.5 Å². The lowest BCUT2D eigenvalue weighted by molar-refractivity contribution is 0.101. The summed E-state index contributed by atoms with van der Waals surface area (Å²) in [6, 6.07) is 9.88. The first-order valence-electron chi connectivity index (χ1n) is 11.8. The molecule has 1 N–H and O–H groups in total. The molecule has 32 heavy (non-hydrogen) atoms. The van der Waals surface area contributed by atoms with Gasteiger partial charge < -0.3 is 14.7 Å². The molecule has 0 aromatic heterocycles. The van der Waals surface area contributed by atoms with Gasteiger partial charge in [-0.2, -0.15) is 0 Å². The lowest BCUT2D eigenvalue weighted by Crippen LogP contribution is -2.32. The Hall–Kier alpha value is -2.79. The first kappa shape index (κ1) is 22.4. The number of phenols is 1. The maximum absolute atomic E-state index is 13.2. The number of anilines is 1. The minimum Gasteiger partial charge on any atom is -0.507 e. The molecule has 0 spiro atoms. The van der Waals surface area contributed by atoms with E-state index in [-0.39, 0.29) is 11.5 Å². The third-order valence-electron chi connectivity index (χ3n) is 6.80. The summed E-state index contributed by atoms with van der Waals surface area (Å²) >= 11 is 0. The van der Waals surface area contributed by atoms with E-state index in [1.165, 1.54) is 0 Å². The number of fused-ring (bicyclic) bond motifs is 1. The van der Waals surface area contributed by atoms with Gasteiger partial charge in [0, 0.05) is 25.3 Å². The second-order valence-corrected chi connectivity index (χ2v) is 9.06. The van der Waals surface area contributed by atoms with Crippen molar-refractivity contribution >= 4 is 17.5 Å². The lowest BCUT2D eigenvalue weighted by atomic mass is 9.96. The number of hydrogen-bond donors (Lipinski definition) is 1. The largest absolute Gasteiger partial charge is 0.507 e. The molecule has 170 valence electrons. The number of hydrogen-bond acceptors (Lipinski definition) is 5. The molecular weight excluding hydrogens is 400 g/mol. The second-order valence-electron chi connectivity index (χ2n) is 9.06. The highest BCUT2D eigenvalue weighted by Crippen LogP contribution is 2.42. The molecule has 0 saturated carbocycles. The molecule has 0 amide bonds. The highest BCUT2D eigenvalue weighted by molar-refractivity contribution is 6.15. The van der Waals surface area contributed by atoms with Gasteiger partial charge in [-0.1, -0.05) is 19.1 Å². The lowest BCUT2D eigenvalue weighted by Gasteiger charge is -2.30. The highest BCUT2D eigenvalue weighted by atomic mass is 16.5. The van der Waals surface area contributed by atoms with E-state index in [9.17, 15) is 9.90 Å². The van der Waals surface area contributed by atoms with Crippen molar-refractivity contribution in [3.8, 4) is 11.5 Å². The van der Waals surface area contributed by atoms with Crippen molar-refractivity contribution in [1.82, 2.24) is 4.90 Å². The number of Topliss-reactive ketones (excluding diaryl/α,β-unsaturated/α-hetero) is 1.